The van der Waals surface area contributed by atoms with E-state index in [9.17, 15) is 5.11 Å². The van der Waals surface area contributed by atoms with E-state index in [4.69, 9.17) is 4.74 Å². The van der Waals surface area contributed by atoms with Crippen molar-refractivity contribution in [1.29, 1.82) is 0 Å². The number of hydrogen-bond acceptors (Lipinski definition) is 3. The maximum absolute atomic E-state index is 12.1. The van der Waals surface area contributed by atoms with E-state index in [-0.39, 0.29) is 5.41 Å². The quantitative estimate of drug-likeness (QED) is 0.719. The molecule has 0 radical (unpaired) electrons. The largest absolute Gasteiger partial charge is 0.497 e. The fourth-order valence-corrected chi connectivity index (χ4v) is 5.57. The number of likely N-dealkylation sites (tertiary alicyclic amines) is 1. The Labute approximate surface area is 166 Å². The standard InChI is InChI=1S/C24H28N2O2/c1-16-7-8-21-19(11-16)20-13-24(27)15-26(2)10-9-23(24,14-22(20)25-21)17-5-4-6-18(12-17)28-3/h4-8,11-12,25,27H,9-10,13-15H2,1-3H3/t23-,24-/m0/s1. The number of aromatic amines is 1. The molecule has 28 heavy (non-hydrogen) atoms. The minimum Gasteiger partial charge on any atom is -0.497 e. The number of ether oxygens (including phenoxy) is 1. The minimum atomic E-state index is -0.807. The van der Waals surface area contributed by atoms with Crippen molar-refractivity contribution in [2.75, 3.05) is 27.2 Å². The number of β-amino-alcohol motifs (C(OH)–C–C–N with tert-alkyl or cyclic N) is 1. The number of fused-ring (bicyclic) bond motifs is 4. The Balaban J connectivity index is 1.72. The number of aromatic nitrogens is 1. The molecule has 4 nitrogen and oxygen atoms in total. The Kier molecular flexibility index (Phi) is 3.87. The molecule has 1 aliphatic heterocycles. The summed E-state index contributed by atoms with van der Waals surface area (Å²) < 4.78 is 5.51. The molecule has 1 fully saturated rings. The molecule has 1 aliphatic carbocycles. The van der Waals surface area contributed by atoms with Crippen LogP contribution in [-0.4, -0.2) is 47.8 Å². The highest BCUT2D eigenvalue weighted by Crippen LogP contribution is 2.51. The van der Waals surface area contributed by atoms with Crippen LogP contribution in [0.15, 0.2) is 42.5 Å². The van der Waals surface area contributed by atoms with Gasteiger partial charge < -0.3 is 19.7 Å². The van der Waals surface area contributed by atoms with Gasteiger partial charge in [0.25, 0.3) is 0 Å². The summed E-state index contributed by atoms with van der Waals surface area (Å²) in [5.41, 5.74) is 5.06. The van der Waals surface area contributed by atoms with Crippen LogP contribution in [0.4, 0.5) is 0 Å². The van der Waals surface area contributed by atoms with Crippen molar-refractivity contribution >= 4 is 10.9 Å². The number of nitrogens with zero attached hydrogens (tertiary/aromatic N) is 1. The fourth-order valence-electron chi connectivity index (χ4n) is 5.57. The molecule has 0 spiro atoms. The Morgan fingerprint density at radius 2 is 2.00 bits per heavy atom. The monoisotopic (exact) mass is 376 g/mol. The summed E-state index contributed by atoms with van der Waals surface area (Å²) in [5.74, 6) is 0.853. The van der Waals surface area contributed by atoms with Crippen molar-refractivity contribution in [2.24, 2.45) is 0 Å². The third-order valence-corrected chi connectivity index (χ3v) is 7.06. The zero-order chi connectivity index (χ0) is 19.5. The molecule has 4 heteroatoms. The molecule has 146 valence electrons. The van der Waals surface area contributed by atoms with Gasteiger partial charge >= 0.3 is 0 Å². The molecule has 3 aromatic rings. The van der Waals surface area contributed by atoms with Crippen LogP contribution < -0.4 is 4.74 Å². The number of hydrogen-bond donors (Lipinski definition) is 2. The number of nitrogens with one attached hydrogen (secondary N) is 1. The van der Waals surface area contributed by atoms with Gasteiger partial charge in [-0.1, -0.05) is 23.8 Å². The van der Waals surface area contributed by atoms with Crippen LogP contribution in [0.5, 0.6) is 5.75 Å². The molecular formula is C24H28N2O2. The number of rotatable bonds is 2. The number of aryl methyl sites for hydroxylation is 1. The number of methoxy groups -OCH3 is 1. The third kappa shape index (κ3) is 2.44. The average Bonchev–Trinajstić information content (AvgIpc) is 3.01. The molecule has 0 unspecified atom stereocenters. The van der Waals surface area contributed by atoms with Crippen LogP contribution in [-0.2, 0) is 18.3 Å². The van der Waals surface area contributed by atoms with Gasteiger partial charge in [-0.15, -0.1) is 0 Å². The summed E-state index contributed by atoms with van der Waals surface area (Å²) in [7, 11) is 3.82. The molecule has 0 amide bonds. The molecule has 2 atom stereocenters. The molecule has 2 N–H and O–H groups in total. The van der Waals surface area contributed by atoms with E-state index in [2.05, 4.69) is 54.2 Å². The van der Waals surface area contributed by atoms with Gasteiger partial charge in [0.2, 0.25) is 0 Å². The van der Waals surface area contributed by atoms with Gasteiger partial charge in [-0.25, -0.2) is 0 Å². The molecule has 1 saturated heterocycles. The van der Waals surface area contributed by atoms with E-state index in [1.54, 1.807) is 7.11 Å². The van der Waals surface area contributed by atoms with Gasteiger partial charge in [0.05, 0.1) is 12.7 Å². The number of likely N-dealkylation sites (N-methyl/N-ethyl adjacent to an activating group) is 1. The summed E-state index contributed by atoms with van der Waals surface area (Å²) >= 11 is 0. The summed E-state index contributed by atoms with van der Waals surface area (Å²) in [4.78, 5) is 5.94. The van der Waals surface area contributed by atoms with E-state index in [1.165, 1.54) is 33.3 Å². The van der Waals surface area contributed by atoms with Crippen molar-refractivity contribution in [3.8, 4) is 5.75 Å². The number of aliphatic hydroxyl groups is 1. The summed E-state index contributed by atoms with van der Waals surface area (Å²) in [6.07, 6.45) is 2.43. The Hall–Kier alpha value is -2.30. The number of benzene rings is 2. The van der Waals surface area contributed by atoms with Crippen LogP contribution in [0, 0.1) is 6.92 Å². The average molecular weight is 377 g/mol. The van der Waals surface area contributed by atoms with Crippen LogP contribution in [0.25, 0.3) is 10.9 Å². The second kappa shape index (κ2) is 6.10. The first kappa shape index (κ1) is 17.8. The van der Waals surface area contributed by atoms with Crippen molar-refractivity contribution in [1.82, 2.24) is 9.88 Å². The van der Waals surface area contributed by atoms with Gasteiger partial charge in [-0.3, -0.25) is 0 Å². The van der Waals surface area contributed by atoms with Crippen LogP contribution in [0.3, 0.4) is 0 Å². The van der Waals surface area contributed by atoms with E-state index in [1.807, 2.05) is 12.1 Å². The SMILES string of the molecule is COc1cccc([C@@]23CCN(C)C[C@@]2(O)Cc2c([nH]c4ccc(C)cc24)C3)c1. The second-order valence-electron chi connectivity index (χ2n) is 8.82. The van der Waals surface area contributed by atoms with Crippen molar-refractivity contribution in [2.45, 2.75) is 37.2 Å². The van der Waals surface area contributed by atoms with Gasteiger partial charge in [-0.2, -0.15) is 0 Å². The Morgan fingerprint density at radius 1 is 1.14 bits per heavy atom. The zero-order valence-corrected chi connectivity index (χ0v) is 16.9. The topological polar surface area (TPSA) is 48.5 Å². The van der Waals surface area contributed by atoms with E-state index >= 15 is 0 Å². The maximum atomic E-state index is 12.1. The van der Waals surface area contributed by atoms with Gasteiger partial charge in [0.1, 0.15) is 5.75 Å². The molecule has 0 saturated carbocycles. The van der Waals surface area contributed by atoms with Crippen molar-refractivity contribution in [3.05, 3.63) is 64.8 Å². The highest BCUT2D eigenvalue weighted by Gasteiger charge is 2.57. The molecule has 1 aromatic heterocycles. The zero-order valence-electron chi connectivity index (χ0n) is 16.9. The van der Waals surface area contributed by atoms with Gasteiger partial charge in [0.15, 0.2) is 0 Å². The second-order valence-corrected chi connectivity index (χ2v) is 8.82. The lowest BCUT2D eigenvalue weighted by Crippen LogP contribution is -2.65. The van der Waals surface area contributed by atoms with Gasteiger partial charge in [0, 0.05) is 41.4 Å². The van der Waals surface area contributed by atoms with E-state index in [0.29, 0.717) is 13.0 Å². The first-order chi connectivity index (χ1) is 13.4. The normalized spacial score (nSPS) is 27.4. The third-order valence-electron chi connectivity index (χ3n) is 7.06. The molecule has 2 heterocycles. The number of H-pyrrole nitrogens is 1. The fraction of sp³-hybridized carbons (Fsp3) is 0.417. The Bertz CT molecular complexity index is 1060. The lowest BCUT2D eigenvalue weighted by Gasteiger charge is -2.56. The maximum Gasteiger partial charge on any atom is 0.119 e. The van der Waals surface area contributed by atoms with E-state index < -0.39 is 5.60 Å². The first-order valence-corrected chi connectivity index (χ1v) is 10.1. The summed E-state index contributed by atoms with van der Waals surface area (Å²) in [6.45, 7) is 3.79. The molecule has 2 aliphatic rings. The molecular weight excluding hydrogens is 348 g/mol. The minimum absolute atomic E-state index is 0.309. The molecule has 2 aromatic carbocycles. The predicted molar refractivity (Wildman–Crippen MR) is 112 cm³/mol. The molecule has 0 bridgehead atoms. The smallest absolute Gasteiger partial charge is 0.119 e. The van der Waals surface area contributed by atoms with Crippen molar-refractivity contribution < 1.29 is 9.84 Å². The van der Waals surface area contributed by atoms with Crippen LogP contribution in [0.1, 0.15) is 28.8 Å². The molecule has 5 rings (SSSR count). The predicted octanol–water partition coefficient (Wildman–Crippen LogP) is 3.59. The lowest BCUT2D eigenvalue weighted by atomic mass is 9.56. The summed E-state index contributed by atoms with van der Waals surface area (Å²) in [6, 6.07) is 14.9. The highest BCUT2D eigenvalue weighted by atomic mass is 16.5. The van der Waals surface area contributed by atoms with Crippen LogP contribution >= 0.6 is 0 Å². The Morgan fingerprint density at radius 3 is 2.82 bits per heavy atom. The summed E-state index contributed by atoms with van der Waals surface area (Å²) in [5, 5.41) is 13.4. The van der Waals surface area contributed by atoms with Gasteiger partial charge in [-0.05, 0) is 62.3 Å². The highest BCUT2D eigenvalue weighted by molar-refractivity contribution is 5.86. The van der Waals surface area contributed by atoms with E-state index in [0.717, 1.165) is 25.1 Å². The van der Waals surface area contributed by atoms with Crippen molar-refractivity contribution in [3.63, 3.8) is 0 Å². The first-order valence-electron chi connectivity index (χ1n) is 10.1. The lowest BCUT2D eigenvalue weighted by molar-refractivity contribution is -0.0972. The number of piperidine rings is 1. The van der Waals surface area contributed by atoms with Crippen LogP contribution in [0.2, 0.25) is 0 Å².